The minimum Gasteiger partial charge on any atom is -0.466 e. The lowest BCUT2D eigenvalue weighted by atomic mass is 9.84. The number of aliphatic hydroxyl groups excluding tert-OH is 1. The van der Waals surface area contributed by atoms with Crippen LogP contribution in [0.3, 0.4) is 0 Å². The first kappa shape index (κ1) is 11.4. The molecule has 0 bridgehead atoms. The summed E-state index contributed by atoms with van der Waals surface area (Å²) in [4.78, 5) is 23.1. The number of esters is 2. The van der Waals surface area contributed by atoms with Gasteiger partial charge in [0.2, 0.25) is 0 Å². The highest BCUT2D eigenvalue weighted by atomic mass is 16.6. The molecule has 0 radical (unpaired) electrons. The van der Waals surface area contributed by atoms with E-state index in [0.29, 0.717) is 12.8 Å². The van der Waals surface area contributed by atoms with Crippen LogP contribution in [0.15, 0.2) is 0 Å². The number of hydrogen-bond donors (Lipinski definition) is 1. The van der Waals surface area contributed by atoms with E-state index in [9.17, 15) is 14.7 Å². The molecule has 2 unspecified atom stereocenters. The van der Waals surface area contributed by atoms with E-state index in [-0.39, 0.29) is 6.61 Å². The van der Waals surface area contributed by atoms with Gasteiger partial charge in [-0.3, -0.25) is 4.79 Å². The third-order valence-electron chi connectivity index (χ3n) is 3.42. The van der Waals surface area contributed by atoms with E-state index in [0.717, 1.165) is 12.8 Å². The van der Waals surface area contributed by atoms with Crippen molar-refractivity contribution in [1.29, 1.82) is 0 Å². The van der Waals surface area contributed by atoms with Crippen molar-refractivity contribution >= 4 is 11.9 Å². The molecule has 5 nitrogen and oxygen atoms in total. The van der Waals surface area contributed by atoms with Crippen LogP contribution in [-0.2, 0) is 19.1 Å². The van der Waals surface area contributed by atoms with Gasteiger partial charge in [-0.05, 0) is 32.6 Å². The largest absolute Gasteiger partial charge is 0.466 e. The number of carbonyl (C=O) groups is 2. The van der Waals surface area contributed by atoms with Crippen LogP contribution >= 0.6 is 0 Å². The van der Waals surface area contributed by atoms with Crippen molar-refractivity contribution in [2.24, 2.45) is 5.92 Å². The van der Waals surface area contributed by atoms with Crippen LogP contribution in [0.5, 0.6) is 0 Å². The summed E-state index contributed by atoms with van der Waals surface area (Å²) in [7, 11) is 0. The third kappa shape index (κ3) is 1.59. The molecule has 0 amide bonds. The highest BCUT2D eigenvalue weighted by Gasteiger charge is 2.60. The molecule has 2 fully saturated rings. The van der Waals surface area contributed by atoms with Gasteiger partial charge in [0.1, 0.15) is 11.5 Å². The molecule has 1 aliphatic heterocycles. The first-order chi connectivity index (χ1) is 7.60. The monoisotopic (exact) mass is 228 g/mol. The lowest BCUT2D eigenvalue weighted by Crippen LogP contribution is -2.42. The Morgan fingerprint density at radius 2 is 2.19 bits per heavy atom. The van der Waals surface area contributed by atoms with E-state index in [1.54, 1.807) is 6.92 Å². The number of ether oxygens (including phenoxy) is 2. The molecule has 2 aliphatic rings. The minimum atomic E-state index is -1.36. The topological polar surface area (TPSA) is 72.8 Å². The van der Waals surface area contributed by atoms with E-state index in [1.807, 2.05) is 0 Å². The first-order valence-corrected chi connectivity index (χ1v) is 5.68. The van der Waals surface area contributed by atoms with E-state index < -0.39 is 29.6 Å². The lowest BCUT2D eigenvalue weighted by molar-refractivity contribution is -0.157. The van der Waals surface area contributed by atoms with Crippen LogP contribution in [0.2, 0.25) is 0 Å². The van der Waals surface area contributed by atoms with Gasteiger partial charge < -0.3 is 14.6 Å². The maximum Gasteiger partial charge on any atom is 0.336 e. The summed E-state index contributed by atoms with van der Waals surface area (Å²) in [5, 5.41) is 9.70. The van der Waals surface area contributed by atoms with Crippen molar-refractivity contribution in [2.45, 2.75) is 44.3 Å². The highest BCUT2D eigenvalue weighted by molar-refractivity contribution is 5.88. The summed E-state index contributed by atoms with van der Waals surface area (Å²) in [6, 6.07) is 0. The predicted molar refractivity (Wildman–Crippen MR) is 53.4 cm³/mol. The summed E-state index contributed by atoms with van der Waals surface area (Å²) < 4.78 is 10.1. The van der Waals surface area contributed by atoms with Crippen LogP contribution in [0.1, 0.15) is 32.6 Å². The molecule has 90 valence electrons. The average molecular weight is 228 g/mol. The molecule has 1 heterocycles. The zero-order valence-electron chi connectivity index (χ0n) is 9.27. The second kappa shape index (κ2) is 4.05. The molecule has 1 aliphatic carbocycles. The molecule has 0 aromatic carbocycles. The Kier molecular flexibility index (Phi) is 2.88. The molecule has 5 heteroatoms. The molecule has 2 atom stereocenters. The Morgan fingerprint density at radius 1 is 1.56 bits per heavy atom. The fourth-order valence-electron chi connectivity index (χ4n) is 2.71. The van der Waals surface area contributed by atoms with Crippen molar-refractivity contribution < 1.29 is 24.2 Å². The van der Waals surface area contributed by atoms with Gasteiger partial charge in [-0.25, -0.2) is 4.79 Å². The molecule has 1 N–H and O–H groups in total. The van der Waals surface area contributed by atoms with Crippen LogP contribution in [0, 0.1) is 5.92 Å². The van der Waals surface area contributed by atoms with Crippen molar-refractivity contribution in [1.82, 2.24) is 0 Å². The number of rotatable bonds is 2. The SMILES string of the molecule is CCOC(=O)C1C(O)C(=O)OC12CCCC2. The summed E-state index contributed by atoms with van der Waals surface area (Å²) in [5.74, 6) is -2.06. The van der Waals surface area contributed by atoms with Crippen molar-refractivity contribution in [3.05, 3.63) is 0 Å². The van der Waals surface area contributed by atoms with Crippen LogP contribution in [0.25, 0.3) is 0 Å². The van der Waals surface area contributed by atoms with Gasteiger partial charge in [-0.15, -0.1) is 0 Å². The van der Waals surface area contributed by atoms with Gasteiger partial charge in [0.25, 0.3) is 0 Å². The molecular formula is C11H16O5. The lowest BCUT2D eigenvalue weighted by Gasteiger charge is -2.27. The van der Waals surface area contributed by atoms with Gasteiger partial charge in [-0.1, -0.05) is 0 Å². The van der Waals surface area contributed by atoms with Crippen molar-refractivity contribution in [3.8, 4) is 0 Å². The van der Waals surface area contributed by atoms with Crippen LogP contribution in [0.4, 0.5) is 0 Å². The second-order valence-corrected chi connectivity index (χ2v) is 4.37. The molecule has 0 aromatic heterocycles. The highest BCUT2D eigenvalue weighted by Crippen LogP contribution is 2.46. The van der Waals surface area contributed by atoms with Gasteiger partial charge in [0.15, 0.2) is 6.10 Å². The van der Waals surface area contributed by atoms with E-state index in [4.69, 9.17) is 9.47 Å². The van der Waals surface area contributed by atoms with Crippen LogP contribution in [-0.4, -0.2) is 35.4 Å². The second-order valence-electron chi connectivity index (χ2n) is 4.37. The number of aliphatic hydroxyl groups is 1. The Morgan fingerprint density at radius 3 is 2.75 bits per heavy atom. The molecule has 0 aromatic rings. The Balaban J connectivity index is 2.23. The number of hydrogen-bond acceptors (Lipinski definition) is 5. The summed E-state index contributed by atoms with van der Waals surface area (Å²) in [5.41, 5.74) is -0.803. The van der Waals surface area contributed by atoms with E-state index in [1.165, 1.54) is 0 Å². The average Bonchev–Trinajstić information content (AvgIpc) is 2.75. The molecule has 1 spiro atoms. The van der Waals surface area contributed by atoms with Gasteiger partial charge in [0.05, 0.1) is 6.61 Å². The zero-order chi connectivity index (χ0) is 11.8. The predicted octanol–water partition coefficient (Wildman–Crippen LogP) is 0.396. The summed E-state index contributed by atoms with van der Waals surface area (Å²) in [6.07, 6.45) is 1.74. The quantitative estimate of drug-likeness (QED) is 0.692. The van der Waals surface area contributed by atoms with Gasteiger partial charge in [0, 0.05) is 0 Å². The molecule has 16 heavy (non-hydrogen) atoms. The smallest absolute Gasteiger partial charge is 0.336 e. The fraction of sp³-hybridized carbons (Fsp3) is 0.818. The third-order valence-corrected chi connectivity index (χ3v) is 3.42. The standard InChI is InChI=1S/C11H16O5/c1-2-15-9(13)7-8(12)10(14)16-11(7)5-3-4-6-11/h7-8,12H,2-6H2,1H3. The fourth-order valence-corrected chi connectivity index (χ4v) is 2.71. The minimum absolute atomic E-state index is 0.242. The molecule has 1 saturated heterocycles. The first-order valence-electron chi connectivity index (χ1n) is 5.68. The normalized spacial score (nSPS) is 31.8. The van der Waals surface area contributed by atoms with Crippen molar-refractivity contribution in [2.75, 3.05) is 6.61 Å². The molecule has 2 rings (SSSR count). The maximum absolute atomic E-state index is 11.7. The molecule has 1 saturated carbocycles. The summed E-state index contributed by atoms with van der Waals surface area (Å²) >= 11 is 0. The van der Waals surface area contributed by atoms with Crippen LogP contribution < -0.4 is 0 Å². The van der Waals surface area contributed by atoms with E-state index >= 15 is 0 Å². The number of carbonyl (C=O) groups excluding carboxylic acids is 2. The maximum atomic E-state index is 11.7. The zero-order valence-corrected chi connectivity index (χ0v) is 9.27. The summed E-state index contributed by atoms with van der Waals surface area (Å²) in [6.45, 7) is 1.94. The Hall–Kier alpha value is -1.10. The molecular weight excluding hydrogens is 212 g/mol. The Bertz CT molecular complexity index is 305. The van der Waals surface area contributed by atoms with Gasteiger partial charge >= 0.3 is 11.9 Å². The van der Waals surface area contributed by atoms with Crippen molar-refractivity contribution in [3.63, 3.8) is 0 Å². The Labute approximate surface area is 93.7 Å². The van der Waals surface area contributed by atoms with E-state index in [2.05, 4.69) is 0 Å². The van der Waals surface area contributed by atoms with Gasteiger partial charge in [-0.2, -0.15) is 0 Å².